The van der Waals surface area contributed by atoms with E-state index in [-0.39, 0.29) is 17.4 Å². The van der Waals surface area contributed by atoms with E-state index in [1.165, 1.54) is 0 Å². The molecular weight excluding hydrogens is 321 g/mol. The molecule has 1 heterocycles. The molecule has 0 atom stereocenters. The van der Waals surface area contributed by atoms with Gasteiger partial charge < -0.3 is 10.0 Å². The zero-order chi connectivity index (χ0) is 14.7. The van der Waals surface area contributed by atoms with Crippen LogP contribution in [0.4, 0.5) is 0 Å². The first kappa shape index (κ1) is 15.5. The van der Waals surface area contributed by atoms with E-state index < -0.39 is 5.97 Å². The van der Waals surface area contributed by atoms with Crippen molar-refractivity contribution < 1.29 is 14.7 Å². The molecule has 2 rings (SSSR count). The molecule has 0 spiro atoms. The number of nitrogens with zero attached hydrogens (tertiary/aromatic N) is 1. The van der Waals surface area contributed by atoms with Crippen molar-refractivity contribution >= 4 is 46.8 Å². The molecular formula is C13H13Cl2NO3S. The molecule has 0 aliphatic carbocycles. The van der Waals surface area contributed by atoms with E-state index in [9.17, 15) is 9.59 Å². The fourth-order valence-electron chi connectivity index (χ4n) is 2.11. The van der Waals surface area contributed by atoms with Gasteiger partial charge in [0.05, 0.1) is 11.5 Å². The summed E-state index contributed by atoms with van der Waals surface area (Å²) in [5.41, 5.74) is 2.00. The summed E-state index contributed by atoms with van der Waals surface area (Å²) in [6.45, 7) is 1.06. The molecule has 0 aromatic heterocycles. The number of aliphatic carboxylic acids is 1. The number of carboxylic acid groups (broad SMARTS) is 1. The lowest BCUT2D eigenvalue weighted by Crippen LogP contribution is -2.37. The molecule has 1 aromatic carbocycles. The van der Waals surface area contributed by atoms with Gasteiger partial charge in [0.2, 0.25) is 5.91 Å². The smallest absolute Gasteiger partial charge is 0.313 e. The lowest BCUT2D eigenvalue weighted by Gasteiger charge is -2.29. The van der Waals surface area contributed by atoms with E-state index in [1.807, 2.05) is 6.07 Å². The highest BCUT2D eigenvalue weighted by Crippen LogP contribution is 2.30. The molecule has 0 bridgehead atoms. The van der Waals surface area contributed by atoms with Crippen molar-refractivity contribution in [3.8, 4) is 0 Å². The lowest BCUT2D eigenvalue weighted by atomic mass is 10.00. The van der Waals surface area contributed by atoms with Crippen molar-refractivity contribution in [2.75, 3.05) is 18.1 Å². The molecule has 7 heteroatoms. The van der Waals surface area contributed by atoms with Gasteiger partial charge in [-0.25, -0.2) is 0 Å². The maximum atomic E-state index is 12.0. The Hall–Kier alpha value is -0.910. The zero-order valence-corrected chi connectivity index (χ0v) is 12.9. The number of hydrogen-bond acceptors (Lipinski definition) is 3. The lowest BCUT2D eigenvalue weighted by molar-refractivity contribution is -0.133. The predicted molar refractivity (Wildman–Crippen MR) is 80.5 cm³/mol. The number of carboxylic acids is 1. The van der Waals surface area contributed by atoms with Gasteiger partial charge in [-0.2, -0.15) is 0 Å². The van der Waals surface area contributed by atoms with E-state index in [2.05, 4.69) is 0 Å². The maximum absolute atomic E-state index is 12.0. The fraction of sp³-hybridized carbons (Fsp3) is 0.385. The number of benzene rings is 1. The van der Waals surface area contributed by atoms with Gasteiger partial charge in [-0.3, -0.25) is 9.59 Å². The Morgan fingerprint density at radius 1 is 1.30 bits per heavy atom. The Balaban J connectivity index is 2.00. The second-order valence-electron chi connectivity index (χ2n) is 4.48. The summed E-state index contributed by atoms with van der Waals surface area (Å²) in [4.78, 5) is 24.1. The molecule has 4 nitrogen and oxygen atoms in total. The average molecular weight is 334 g/mol. The quantitative estimate of drug-likeness (QED) is 0.920. The van der Waals surface area contributed by atoms with Gasteiger partial charge in [0, 0.05) is 23.1 Å². The molecule has 1 aliphatic rings. The van der Waals surface area contributed by atoms with Crippen LogP contribution in [0.3, 0.4) is 0 Å². The van der Waals surface area contributed by atoms with Gasteiger partial charge in [-0.05, 0) is 29.7 Å². The molecule has 0 fully saturated rings. The second kappa shape index (κ2) is 6.70. The Labute approximate surface area is 131 Å². The van der Waals surface area contributed by atoms with Crippen LogP contribution < -0.4 is 0 Å². The third kappa shape index (κ3) is 3.81. The van der Waals surface area contributed by atoms with Gasteiger partial charge in [0.25, 0.3) is 0 Å². The van der Waals surface area contributed by atoms with Crippen LogP contribution in [0, 0.1) is 0 Å². The zero-order valence-electron chi connectivity index (χ0n) is 10.6. The largest absolute Gasteiger partial charge is 0.481 e. The van der Waals surface area contributed by atoms with Crippen LogP contribution in [-0.2, 0) is 22.6 Å². The SMILES string of the molecule is O=C(O)CSCC(=O)N1CCc2cc(Cl)cc(Cl)c2C1. The van der Waals surface area contributed by atoms with Crippen molar-refractivity contribution in [3.05, 3.63) is 33.3 Å². The molecule has 1 aliphatic heterocycles. The molecule has 20 heavy (non-hydrogen) atoms. The number of rotatable bonds is 4. The molecule has 1 aromatic rings. The minimum atomic E-state index is -0.913. The normalized spacial score (nSPS) is 14.0. The molecule has 0 unspecified atom stereocenters. The predicted octanol–water partition coefficient (Wildman–Crippen LogP) is 2.70. The number of thioether (sulfide) groups is 1. The summed E-state index contributed by atoms with van der Waals surface area (Å²) in [6.07, 6.45) is 0.713. The molecule has 1 N–H and O–H groups in total. The van der Waals surface area contributed by atoms with Gasteiger partial charge in [-0.1, -0.05) is 23.2 Å². The second-order valence-corrected chi connectivity index (χ2v) is 6.31. The monoisotopic (exact) mass is 333 g/mol. The Kier molecular flexibility index (Phi) is 5.18. The van der Waals surface area contributed by atoms with Crippen LogP contribution in [-0.4, -0.2) is 39.9 Å². The number of carbonyl (C=O) groups is 2. The first-order valence-electron chi connectivity index (χ1n) is 6.01. The van der Waals surface area contributed by atoms with E-state index >= 15 is 0 Å². The summed E-state index contributed by atoms with van der Waals surface area (Å²) in [5, 5.41) is 9.73. The van der Waals surface area contributed by atoms with Crippen molar-refractivity contribution in [3.63, 3.8) is 0 Å². The van der Waals surface area contributed by atoms with Crippen molar-refractivity contribution in [1.82, 2.24) is 4.90 Å². The minimum absolute atomic E-state index is 0.0621. The first-order chi connectivity index (χ1) is 9.47. The Bertz CT molecular complexity index is 551. The Morgan fingerprint density at radius 3 is 2.75 bits per heavy atom. The third-order valence-corrected chi connectivity index (χ3v) is 4.51. The number of carbonyl (C=O) groups excluding carboxylic acids is 1. The van der Waals surface area contributed by atoms with E-state index in [0.717, 1.165) is 22.9 Å². The highest BCUT2D eigenvalue weighted by atomic mass is 35.5. The summed E-state index contributed by atoms with van der Waals surface area (Å²) in [7, 11) is 0. The van der Waals surface area contributed by atoms with Crippen molar-refractivity contribution in [1.29, 1.82) is 0 Å². The van der Waals surface area contributed by atoms with Gasteiger partial charge in [0.1, 0.15) is 0 Å². The van der Waals surface area contributed by atoms with Gasteiger partial charge in [-0.15, -0.1) is 11.8 Å². The molecule has 0 saturated heterocycles. The van der Waals surface area contributed by atoms with E-state index in [4.69, 9.17) is 28.3 Å². The molecule has 0 saturated carbocycles. The van der Waals surface area contributed by atoms with Crippen LogP contribution in [0.1, 0.15) is 11.1 Å². The molecule has 0 radical (unpaired) electrons. The molecule has 108 valence electrons. The number of hydrogen-bond donors (Lipinski definition) is 1. The standard InChI is InChI=1S/C13H13Cl2NO3S/c14-9-3-8-1-2-16(5-10(8)11(15)4-9)12(17)6-20-7-13(18)19/h3-4H,1-2,5-7H2,(H,18,19). The van der Waals surface area contributed by atoms with Crippen LogP contribution >= 0.6 is 35.0 Å². The first-order valence-corrected chi connectivity index (χ1v) is 7.92. The average Bonchev–Trinajstić information content (AvgIpc) is 2.37. The summed E-state index contributed by atoms with van der Waals surface area (Å²) in [5.74, 6) is -0.864. The van der Waals surface area contributed by atoms with Crippen molar-refractivity contribution in [2.24, 2.45) is 0 Å². The summed E-state index contributed by atoms with van der Waals surface area (Å²) >= 11 is 13.2. The topological polar surface area (TPSA) is 57.6 Å². The van der Waals surface area contributed by atoms with E-state index in [0.29, 0.717) is 29.6 Å². The van der Waals surface area contributed by atoms with Crippen LogP contribution in [0.25, 0.3) is 0 Å². The minimum Gasteiger partial charge on any atom is -0.481 e. The summed E-state index contributed by atoms with van der Waals surface area (Å²) in [6, 6.07) is 3.55. The van der Waals surface area contributed by atoms with Gasteiger partial charge >= 0.3 is 5.97 Å². The fourth-order valence-corrected chi connectivity index (χ4v) is 3.34. The number of fused-ring (bicyclic) bond motifs is 1. The summed E-state index contributed by atoms with van der Waals surface area (Å²) < 4.78 is 0. The van der Waals surface area contributed by atoms with Gasteiger partial charge in [0.15, 0.2) is 0 Å². The number of amides is 1. The van der Waals surface area contributed by atoms with Crippen LogP contribution in [0.15, 0.2) is 12.1 Å². The van der Waals surface area contributed by atoms with Crippen LogP contribution in [0.5, 0.6) is 0 Å². The highest BCUT2D eigenvalue weighted by molar-refractivity contribution is 8.00. The Morgan fingerprint density at radius 2 is 2.05 bits per heavy atom. The van der Waals surface area contributed by atoms with Crippen LogP contribution in [0.2, 0.25) is 10.0 Å². The molecule has 1 amide bonds. The van der Waals surface area contributed by atoms with E-state index in [1.54, 1.807) is 11.0 Å². The van der Waals surface area contributed by atoms with Crippen molar-refractivity contribution in [2.45, 2.75) is 13.0 Å². The highest BCUT2D eigenvalue weighted by Gasteiger charge is 2.22. The number of halogens is 2. The third-order valence-electron chi connectivity index (χ3n) is 3.06. The maximum Gasteiger partial charge on any atom is 0.313 e.